The number of carbonyl (C=O) groups is 2. The summed E-state index contributed by atoms with van der Waals surface area (Å²) >= 11 is 0. The van der Waals surface area contributed by atoms with E-state index in [4.69, 9.17) is 5.73 Å². The van der Waals surface area contributed by atoms with E-state index >= 15 is 0 Å². The molecule has 0 fully saturated rings. The quantitative estimate of drug-likeness (QED) is 0.653. The number of nitrogens with one attached hydrogen (secondary N) is 2. The van der Waals surface area contributed by atoms with Gasteiger partial charge in [0, 0.05) is 19.2 Å². The van der Waals surface area contributed by atoms with Crippen molar-refractivity contribution in [3.05, 3.63) is 35.4 Å². The van der Waals surface area contributed by atoms with Crippen LogP contribution in [0, 0.1) is 0 Å². The van der Waals surface area contributed by atoms with Gasteiger partial charge in [0.15, 0.2) is 0 Å². The normalized spacial score (nSPS) is 9.76. The highest BCUT2D eigenvalue weighted by Gasteiger charge is 2.03. The van der Waals surface area contributed by atoms with Gasteiger partial charge in [-0.2, -0.15) is 0 Å². The summed E-state index contributed by atoms with van der Waals surface area (Å²) in [5, 5.41) is 5.25. The molecule has 0 aliphatic heterocycles. The van der Waals surface area contributed by atoms with Crippen LogP contribution in [0.25, 0.3) is 0 Å². The molecule has 0 unspecified atom stereocenters. The molecule has 0 aliphatic carbocycles. The van der Waals surface area contributed by atoms with E-state index in [1.165, 1.54) is 0 Å². The lowest BCUT2D eigenvalue weighted by Gasteiger charge is -2.05. The molecule has 0 saturated heterocycles. The van der Waals surface area contributed by atoms with Gasteiger partial charge in [0.1, 0.15) is 0 Å². The second-order valence-electron chi connectivity index (χ2n) is 3.58. The van der Waals surface area contributed by atoms with Crippen LogP contribution in [0.15, 0.2) is 24.3 Å². The molecule has 0 saturated carbocycles. The second kappa shape index (κ2) is 6.65. The Morgan fingerprint density at radius 3 is 2.76 bits per heavy atom. The van der Waals surface area contributed by atoms with Crippen LogP contribution in [0.2, 0.25) is 0 Å². The van der Waals surface area contributed by atoms with Crippen LogP contribution in [0.1, 0.15) is 15.9 Å². The van der Waals surface area contributed by atoms with Gasteiger partial charge in [-0.1, -0.05) is 12.1 Å². The van der Waals surface area contributed by atoms with Crippen LogP contribution in [0.5, 0.6) is 0 Å². The molecule has 0 radical (unpaired) electrons. The minimum absolute atomic E-state index is 0.00171. The predicted molar refractivity (Wildman–Crippen MR) is 65.6 cm³/mol. The van der Waals surface area contributed by atoms with Crippen molar-refractivity contribution in [2.24, 2.45) is 5.73 Å². The van der Waals surface area contributed by atoms with Crippen LogP contribution in [0.3, 0.4) is 0 Å². The van der Waals surface area contributed by atoms with Crippen LogP contribution < -0.4 is 16.4 Å². The Kier molecular flexibility index (Phi) is 5.16. The smallest absolute Gasteiger partial charge is 0.251 e. The fraction of sp³-hybridized carbons (Fsp3) is 0.333. The molecule has 1 aromatic carbocycles. The maximum atomic E-state index is 11.4. The highest BCUT2D eigenvalue weighted by molar-refractivity contribution is 5.94. The molecular weight excluding hydrogens is 218 g/mol. The minimum atomic E-state index is -0.174. The lowest BCUT2D eigenvalue weighted by molar-refractivity contribution is -0.119. The zero-order valence-electron chi connectivity index (χ0n) is 9.82. The topological polar surface area (TPSA) is 84.2 Å². The van der Waals surface area contributed by atoms with Gasteiger partial charge in [-0.3, -0.25) is 9.59 Å². The summed E-state index contributed by atoms with van der Waals surface area (Å²) in [4.78, 5) is 22.3. The van der Waals surface area contributed by atoms with E-state index in [0.717, 1.165) is 5.56 Å². The molecule has 0 heterocycles. The summed E-state index contributed by atoms with van der Waals surface area (Å²) in [5.74, 6) is -0.287. The van der Waals surface area contributed by atoms with Gasteiger partial charge in [-0.25, -0.2) is 0 Å². The first-order valence-electron chi connectivity index (χ1n) is 5.45. The largest absolute Gasteiger partial charge is 0.355 e. The monoisotopic (exact) mass is 235 g/mol. The Bertz CT molecular complexity index is 404. The molecule has 0 aromatic heterocycles. The molecular formula is C12H17N3O2. The Labute approximate surface area is 100 Å². The Balaban J connectivity index is 2.54. The average Bonchev–Trinajstić information content (AvgIpc) is 2.38. The summed E-state index contributed by atoms with van der Waals surface area (Å²) in [7, 11) is 1.59. The maximum absolute atomic E-state index is 11.4. The molecule has 92 valence electrons. The molecule has 2 amide bonds. The van der Waals surface area contributed by atoms with Gasteiger partial charge in [0.25, 0.3) is 5.91 Å². The van der Waals surface area contributed by atoms with E-state index in [2.05, 4.69) is 10.6 Å². The molecule has 4 N–H and O–H groups in total. The molecule has 0 spiro atoms. The first-order valence-corrected chi connectivity index (χ1v) is 5.45. The molecule has 0 bridgehead atoms. The minimum Gasteiger partial charge on any atom is -0.355 e. The van der Waals surface area contributed by atoms with Crippen molar-refractivity contribution in [3.8, 4) is 0 Å². The first kappa shape index (κ1) is 13.2. The molecule has 1 aromatic rings. The fourth-order valence-corrected chi connectivity index (χ4v) is 1.43. The molecule has 5 nitrogen and oxygen atoms in total. The van der Waals surface area contributed by atoms with Crippen molar-refractivity contribution >= 4 is 11.8 Å². The lowest BCUT2D eigenvalue weighted by Crippen LogP contribution is -2.31. The van der Waals surface area contributed by atoms with Gasteiger partial charge >= 0.3 is 0 Å². The van der Waals surface area contributed by atoms with Crippen LogP contribution in [-0.4, -0.2) is 32.0 Å². The number of hydrogen-bond donors (Lipinski definition) is 3. The van der Waals surface area contributed by atoms with Crippen LogP contribution in [-0.2, 0) is 11.2 Å². The fourth-order valence-electron chi connectivity index (χ4n) is 1.43. The maximum Gasteiger partial charge on any atom is 0.251 e. The van der Waals surface area contributed by atoms with E-state index < -0.39 is 0 Å². The number of nitrogens with two attached hydrogens (primary N) is 1. The molecule has 5 heteroatoms. The van der Waals surface area contributed by atoms with Gasteiger partial charge < -0.3 is 16.4 Å². The molecule has 0 atom stereocenters. The van der Waals surface area contributed by atoms with Crippen molar-refractivity contribution in [2.45, 2.75) is 6.42 Å². The zero-order chi connectivity index (χ0) is 12.7. The number of carbonyl (C=O) groups excluding carboxylic acids is 2. The highest BCUT2D eigenvalue weighted by atomic mass is 16.2. The SMILES string of the molecule is CNC(=O)c1cccc(CCNC(=O)CN)c1. The Morgan fingerprint density at radius 1 is 1.35 bits per heavy atom. The van der Waals surface area contributed by atoms with E-state index in [0.29, 0.717) is 18.5 Å². The summed E-state index contributed by atoms with van der Waals surface area (Å²) in [6.07, 6.45) is 0.677. The van der Waals surface area contributed by atoms with E-state index in [1.54, 1.807) is 13.1 Å². The van der Waals surface area contributed by atoms with Crippen LogP contribution in [0.4, 0.5) is 0 Å². The summed E-state index contributed by atoms with van der Waals surface area (Å²) < 4.78 is 0. The third-order valence-corrected chi connectivity index (χ3v) is 2.34. The summed E-state index contributed by atoms with van der Waals surface area (Å²) in [6, 6.07) is 7.31. The van der Waals surface area contributed by atoms with Gasteiger partial charge in [0.2, 0.25) is 5.91 Å². The van der Waals surface area contributed by atoms with Crippen molar-refractivity contribution in [2.75, 3.05) is 20.1 Å². The van der Waals surface area contributed by atoms with Gasteiger partial charge in [-0.15, -0.1) is 0 Å². The zero-order valence-corrected chi connectivity index (χ0v) is 9.82. The lowest BCUT2D eigenvalue weighted by atomic mass is 10.1. The summed E-state index contributed by atoms with van der Waals surface area (Å²) in [5.41, 5.74) is 6.79. The van der Waals surface area contributed by atoms with Crippen molar-refractivity contribution < 1.29 is 9.59 Å². The molecule has 1 rings (SSSR count). The standard InChI is InChI=1S/C12H17N3O2/c1-14-12(17)10-4-2-3-9(7-10)5-6-15-11(16)8-13/h2-4,7H,5-6,8,13H2,1H3,(H,14,17)(H,15,16). The Hall–Kier alpha value is -1.88. The first-order chi connectivity index (χ1) is 8.17. The summed E-state index contributed by atoms with van der Waals surface area (Å²) in [6.45, 7) is 0.519. The van der Waals surface area contributed by atoms with E-state index in [-0.39, 0.29) is 18.4 Å². The van der Waals surface area contributed by atoms with Gasteiger partial charge in [0.05, 0.1) is 6.54 Å². The molecule has 0 aliphatic rings. The average molecular weight is 235 g/mol. The highest BCUT2D eigenvalue weighted by Crippen LogP contribution is 2.05. The Morgan fingerprint density at radius 2 is 2.12 bits per heavy atom. The predicted octanol–water partition coefficient (Wildman–Crippen LogP) is -0.336. The number of benzene rings is 1. The van der Waals surface area contributed by atoms with Crippen molar-refractivity contribution in [1.82, 2.24) is 10.6 Å². The number of hydrogen-bond acceptors (Lipinski definition) is 3. The van der Waals surface area contributed by atoms with Crippen molar-refractivity contribution in [3.63, 3.8) is 0 Å². The number of rotatable bonds is 5. The van der Waals surface area contributed by atoms with E-state index in [9.17, 15) is 9.59 Å². The third kappa shape index (κ3) is 4.24. The third-order valence-electron chi connectivity index (χ3n) is 2.34. The second-order valence-corrected chi connectivity index (χ2v) is 3.58. The number of amides is 2. The van der Waals surface area contributed by atoms with E-state index in [1.807, 2.05) is 18.2 Å². The van der Waals surface area contributed by atoms with Crippen LogP contribution >= 0.6 is 0 Å². The van der Waals surface area contributed by atoms with Crippen molar-refractivity contribution in [1.29, 1.82) is 0 Å². The van der Waals surface area contributed by atoms with Gasteiger partial charge in [-0.05, 0) is 24.1 Å². The molecule has 17 heavy (non-hydrogen) atoms.